The molecule has 0 bridgehead atoms. The summed E-state index contributed by atoms with van der Waals surface area (Å²) in [6.45, 7) is 5.01. The number of hydrogen-bond acceptors (Lipinski definition) is 5. The van der Waals surface area contributed by atoms with Crippen LogP contribution in [0.25, 0.3) is 0 Å². The third-order valence-electron chi connectivity index (χ3n) is 3.42. The average molecular weight is 367 g/mol. The molecular formula is C16H22N4O2S2. The van der Waals surface area contributed by atoms with Gasteiger partial charge in [0.25, 0.3) is 0 Å². The molecule has 1 aromatic heterocycles. The maximum Gasteiger partial charge on any atom is 0.191 e. The number of sulfone groups is 1. The first kappa shape index (κ1) is 18.4. The molecular weight excluding hydrogens is 344 g/mol. The van der Waals surface area contributed by atoms with E-state index >= 15 is 0 Å². The normalized spacial score (nSPS) is 12.2. The van der Waals surface area contributed by atoms with Crippen LogP contribution in [0.2, 0.25) is 0 Å². The standard InChI is InChI=1S/C16H22N4O2S2/c1-11-7-13(5-6-15(11)24(4,21)22)8-19-16(17-3)20-10-14-9-18-12(2)23-14/h5-7,9H,8,10H2,1-4H3,(H2,17,19,20). The Labute approximate surface area is 147 Å². The predicted molar refractivity (Wildman–Crippen MR) is 98.2 cm³/mol. The zero-order valence-electron chi connectivity index (χ0n) is 14.3. The van der Waals surface area contributed by atoms with Gasteiger partial charge in [0.05, 0.1) is 16.4 Å². The Kier molecular flexibility index (Phi) is 5.95. The summed E-state index contributed by atoms with van der Waals surface area (Å²) >= 11 is 1.65. The van der Waals surface area contributed by atoms with E-state index in [1.54, 1.807) is 31.4 Å². The summed E-state index contributed by atoms with van der Waals surface area (Å²) in [6.07, 6.45) is 3.08. The number of hydrogen-bond donors (Lipinski definition) is 2. The lowest BCUT2D eigenvalue weighted by Crippen LogP contribution is -2.36. The van der Waals surface area contributed by atoms with Gasteiger partial charge in [0.15, 0.2) is 15.8 Å². The monoisotopic (exact) mass is 366 g/mol. The predicted octanol–water partition coefficient (Wildman–Crippen LogP) is 2.03. The highest BCUT2D eigenvalue weighted by Crippen LogP contribution is 2.16. The van der Waals surface area contributed by atoms with Gasteiger partial charge in [-0.15, -0.1) is 11.3 Å². The molecule has 0 saturated carbocycles. The second kappa shape index (κ2) is 7.76. The minimum atomic E-state index is -3.18. The van der Waals surface area contributed by atoms with Gasteiger partial charge in [-0.05, 0) is 31.0 Å². The van der Waals surface area contributed by atoms with Crippen molar-refractivity contribution >= 4 is 27.1 Å². The van der Waals surface area contributed by atoms with Crippen molar-refractivity contribution in [1.82, 2.24) is 15.6 Å². The first-order valence-corrected chi connectivity index (χ1v) is 10.2. The lowest BCUT2D eigenvalue weighted by Gasteiger charge is -2.12. The first-order valence-electron chi connectivity index (χ1n) is 7.45. The van der Waals surface area contributed by atoms with Crippen LogP contribution in [0.15, 0.2) is 34.3 Å². The Morgan fingerprint density at radius 1 is 1.25 bits per heavy atom. The molecule has 0 aliphatic rings. The Morgan fingerprint density at radius 2 is 1.96 bits per heavy atom. The number of aliphatic imine (C=N–C) groups is 1. The number of aryl methyl sites for hydroxylation is 2. The van der Waals surface area contributed by atoms with Gasteiger partial charge in [0.2, 0.25) is 0 Å². The lowest BCUT2D eigenvalue weighted by molar-refractivity contribution is 0.601. The Balaban J connectivity index is 1.94. The third-order valence-corrected chi connectivity index (χ3v) is 5.59. The van der Waals surface area contributed by atoms with Gasteiger partial charge in [-0.25, -0.2) is 13.4 Å². The molecule has 2 aromatic rings. The molecule has 8 heteroatoms. The van der Waals surface area contributed by atoms with Crippen LogP contribution < -0.4 is 10.6 Å². The zero-order valence-corrected chi connectivity index (χ0v) is 15.9. The van der Waals surface area contributed by atoms with Crippen LogP contribution in [0.5, 0.6) is 0 Å². The van der Waals surface area contributed by atoms with Crippen molar-refractivity contribution in [3.8, 4) is 0 Å². The summed E-state index contributed by atoms with van der Waals surface area (Å²) in [4.78, 5) is 9.92. The number of aromatic nitrogens is 1. The molecule has 0 unspecified atom stereocenters. The van der Waals surface area contributed by atoms with E-state index in [-0.39, 0.29) is 0 Å². The van der Waals surface area contributed by atoms with E-state index in [0.29, 0.717) is 23.9 Å². The molecule has 0 aliphatic carbocycles. The van der Waals surface area contributed by atoms with E-state index < -0.39 is 9.84 Å². The van der Waals surface area contributed by atoms with E-state index in [1.807, 2.05) is 25.3 Å². The third kappa shape index (κ3) is 5.04. The molecule has 1 aromatic carbocycles. The van der Waals surface area contributed by atoms with Gasteiger partial charge in [0.1, 0.15) is 0 Å². The number of thiazole rings is 1. The van der Waals surface area contributed by atoms with E-state index in [9.17, 15) is 8.42 Å². The molecule has 0 fully saturated rings. The number of benzene rings is 1. The second-order valence-corrected chi connectivity index (χ2v) is 8.80. The van der Waals surface area contributed by atoms with Crippen molar-refractivity contribution in [3.05, 3.63) is 45.4 Å². The quantitative estimate of drug-likeness (QED) is 0.625. The van der Waals surface area contributed by atoms with Crippen molar-refractivity contribution in [2.45, 2.75) is 31.8 Å². The van der Waals surface area contributed by atoms with Gasteiger partial charge >= 0.3 is 0 Å². The highest BCUT2D eigenvalue weighted by atomic mass is 32.2. The molecule has 0 radical (unpaired) electrons. The van der Waals surface area contributed by atoms with Gasteiger partial charge in [0, 0.05) is 30.9 Å². The highest BCUT2D eigenvalue weighted by Gasteiger charge is 2.11. The molecule has 0 saturated heterocycles. The Bertz CT molecular complexity index is 842. The SMILES string of the molecule is CN=C(NCc1ccc(S(C)(=O)=O)c(C)c1)NCc1cnc(C)s1. The van der Waals surface area contributed by atoms with Crippen LogP contribution in [0.1, 0.15) is 21.0 Å². The number of guanidine groups is 1. The topological polar surface area (TPSA) is 83.5 Å². The van der Waals surface area contributed by atoms with Gasteiger partial charge in [-0.1, -0.05) is 12.1 Å². The maximum absolute atomic E-state index is 11.7. The van der Waals surface area contributed by atoms with Crippen molar-refractivity contribution in [2.24, 2.45) is 4.99 Å². The fourth-order valence-corrected chi connectivity index (χ4v) is 4.00. The van der Waals surface area contributed by atoms with Crippen molar-refractivity contribution in [3.63, 3.8) is 0 Å². The summed E-state index contributed by atoms with van der Waals surface area (Å²) in [7, 11) is -1.47. The molecule has 2 rings (SSSR count). The second-order valence-electron chi connectivity index (χ2n) is 5.50. The average Bonchev–Trinajstić information content (AvgIpc) is 2.92. The van der Waals surface area contributed by atoms with Crippen molar-refractivity contribution in [2.75, 3.05) is 13.3 Å². The van der Waals surface area contributed by atoms with Gasteiger partial charge in [-0.3, -0.25) is 4.99 Å². The van der Waals surface area contributed by atoms with Crippen LogP contribution in [0.4, 0.5) is 0 Å². The molecule has 0 aliphatic heterocycles. The first-order chi connectivity index (χ1) is 11.3. The van der Waals surface area contributed by atoms with Crippen LogP contribution in [-0.2, 0) is 22.9 Å². The summed E-state index contributed by atoms with van der Waals surface area (Å²) in [5, 5.41) is 7.49. The van der Waals surface area contributed by atoms with Crippen LogP contribution in [-0.4, -0.2) is 32.7 Å². The Morgan fingerprint density at radius 3 is 2.50 bits per heavy atom. The summed E-state index contributed by atoms with van der Waals surface area (Å²) in [6, 6.07) is 5.34. The Hall–Kier alpha value is -1.93. The minimum absolute atomic E-state index is 0.370. The van der Waals surface area contributed by atoms with Crippen molar-refractivity contribution in [1.29, 1.82) is 0 Å². The lowest BCUT2D eigenvalue weighted by atomic mass is 10.1. The molecule has 24 heavy (non-hydrogen) atoms. The molecule has 0 amide bonds. The number of rotatable bonds is 5. The number of nitrogens with one attached hydrogen (secondary N) is 2. The molecule has 2 N–H and O–H groups in total. The summed E-state index contributed by atoms with van der Waals surface area (Å²) in [5.74, 6) is 0.686. The largest absolute Gasteiger partial charge is 0.352 e. The highest BCUT2D eigenvalue weighted by molar-refractivity contribution is 7.90. The fourth-order valence-electron chi connectivity index (χ4n) is 2.30. The molecule has 0 atom stereocenters. The van der Waals surface area contributed by atoms with E-state index in [4.69, 9.17) is 0 Å². The van der Waals surface area contributed by atoms with E-state index in [2.05, 4.69) is 20.6 Å². The van der Waals surface area contributed by atoms with Gasteiger partial charge < -0.3 is 10.6 Å². The summed E-state index contributed by atoms with van der Waals surface area (Å²) < 4.78 is 23.3. The number of nitrogens with zero attached hydrogens (tertiary/aromatic N) is 2. The van der Waals surface area contributed by atoms with Crippen LogP contribution in [0, 0.1) is 13.8 Å². The van der Waals surface area contributed by atoms with Crippen LogP contribution >= 0.6 is 11.3 Å². The van der Waals surface area contributed by atoms with E-state index in [0.717, 1.165) is 21.0 Å². The molecule has 1 heterocycles. The molecule has 0 spiro atoms. The maximum atomic E-state index is 11.7. The van der Waals surface area contributed by atoms with Crippen molar-refractivity contribution < 1.29 is 8.42 Å². The zero-order chi connectivity index (χ0) is 17.7. The summed E-state index contributed by atoms with van der Waals surface area (Å²) in [5.41, 5.74) is 1.75. The molecule has 130 valence electrons. The van der Waals surface area contributed by atoms with Gasteiger partial charge in [-0.2, -0.15) is 0 Å². The fraction of sp³-hybridized carbons (Fsp3) is 0.375. The van der Waals surface area contributed by atoms with E-state index in [1.165, 1.54) is 6.26 Å². The minimum Gasteiger partial charge on any atom is -0.352 e. The smallest absolute Gasteiger partial charge is 0.191 e. The molecule has 6 nitrogen and oxygen atoms in total. The van der Waals surface area contributed by atoms with Crippen LogP contribution in [0.3, 0.4) is 0 Å².